The number of allylic oxidation sites excluding steroid dienone is 4. The molecule has 0 heteroatoms. The van der Waals surface area contributed by atoms with Crippen molar-refractivity contribution in [1.82, 2.24) is 0 Å². The molecule has 2 aliphatic carbocycles. The molecule has 0 fully saturated rings. The van der Waals surface area contributed by atoms with Gasteiger partial charge in [-0.3, -0.25) is 0 Å². The molecular formula is C26H22. The Hall–Kier alpha value is -2.86. The maximum absolute atomic E-state index is 2.40. The van der Waals surface area contributed by atoms with E-state index in [9.17, 15) is 0 Å². The zero-order valence-corrected chi connectivity index (χ0v) is 15.5. The Bertz CT molecular complexity index is 1110. The van der Waals surface area contributed by atoms with Crippen LogP contribution in [-0.4, -0.2) is 0 Å². The molecule has 0 radical (unpaired) electrons. The van der Waals surface area contributed by atoms with Gasteiger partial charge in [0.25, 0.3) is 0 Å². The Balaban J connectivity index is 2.02. The summed E-state index contributed by atoms with van der Waals surface area (Å²) in [6.07, 6.45) is 4.51. The van der Waals surface area contributed by atoms with Gasteiger partial charge in [-0.2, -0.15) is 0 Å². The van der Waals surface area contributed by atoms with Crippen LogP contribution >= 0.6 is 0 Å². The monoisotopic (exact) mass is 334 g/mol. The van der Waals surface area contributed by atoms with Gasteiger partial charge in [-0.1, -0.05) is 84.4 Å². The van der Waals surface area contributed by atoms with Gasteiger partial charge in [-0.05, 0) is 65.3 Å². The summed E-state index contributed by atoms with van der Waals surface area (Å²) in [5, 5.41) is 0. The van der Waals surface area contributed by atoms with Crippen molar-refractivity contribution in [3.05, 3.63) is 112 Å². The molecule has 1 atom stereocenters. The third-order valence-corrected chi connectivity index (χ3v) is 6.08. The highest BCUT2D eigenvalue weighted by atomic mass is 14.5. The Morgan fingerprint density at radius 3 is 2.04 bits per heavy atom. The molecule has 1 spiro atoms. The maximum Gasteiger partial charge on any atom is 0.0722 e. The molecule has 3 aromatic rings. The molecule has 0 bridgehead atoms. The molecule has 2 aliphatic rings. The summed E-state index contributed by atoms with van der Waals surface area (Å²) in [5.74, 6) is 0. The minimum atomic E-state index is -0.189. The zero-order chi connectivity index (χ0) is 17.9. The van der Waals surface area contributed by atoms with Crippen LogP contribution in [0.4, 0.5) is 0 Å². The van der Waals surface area contributed by atoms with Crippen molar-refractivity contribution < 1.29 is 0 Å². The minimum Gasteiger partial charge on any atom is -0.0873 e. The average Bonchev–Trinajstić information content (AvgIpc) is 3.09. The predicted molar refractivity (Wildman–Crippen MR) is 110 cm³/mol. The Kier molecular flexibility index (Phi) is 3.15. The van der Waals surface area contributed by atoms with Crippen molar-refractivity contribution in [2.24, 2.45) is 0 Å². The molecule has 0 aliphatic heterocycles. The van der Waals surface area contributed by atoms with E-state index in [4.69, 9.17) is 0 Å². The molecule has 0 heterocycles. The first-order valence-corrected chi connectivity index (χ1v) is 9.34. The van der Waals surface area contributed by atoms with Crippen LogP contribution in [0, 0.1) is 6.92 Å². The topological polar surface area (TPSA) is 0 Å². The van der Waals surface area contributed by atoms with Gasteiger partial charge in [-0.15, -0.1) is 0 Å². The fourth-order valence-electron chi connectivity index (χ4n) is 5.10. The molecule has 126 valence electrons. The van der Waals surface area contributed by atoms with Crippen molar-refractivity contribution in [2.45, 2.75) is 26.2 Å². The summed E-state index contributed by atoms with van der Waals surface area (Å²) in [4.78, 5) is 0. The summed E-state index contributed by atoms with van der Waals surface area (Å²) < 4.78 is 0. The van der Waals surface area contributed by atoms with Crippen LogP contribution in [0.25, 0.3) is 16.7 Å². The van der Waals surface area contributed by atoms with E-state index >= 15 is 0 Å². The lowest BCUT2D eigenvalue weighted by Gasteiger charge is -2.31. The van der Waals surface area contributed by atoms with Crippen LogP contribution in [0.1, 0.15) is 41.7 Å². The Morgan fingerprint density at radius 2 is 1.31 bits per heavy atom. The molecule has 0 saturated heterocycles. The molecule has 26 heavy (non-hydrogen) atoms. The highest BCUT2D eigenvalue weighted by Crippen LogP contribution is 2.61. The van der Waals surface area contributed by atoms with Gasteiger partial charge in [-0.25, -0.2) is 0 Å². The average molecular weight is 334 g/mol. The van der Waals surface area contributed by atoms with Crippen LogP contribution in [0.15, 0.2) is 84.5 Å². The van der Waals surface area contributed by atoms with Crippen LogP contribution < -0.4 is 0 Å². The van der Waals surface area contributed by atoms with Gasteiger partial charge in [0.2, 0.25) is 0 Å². The number of aryl methyl sites for hydroxylation is 1. The van der Waals surface area contributed by atoms with E-state index < -0.39 is 0 Å². The predicted octanol–water partition coefficient (Wildman–Crippen LogP) is 6.67. The molecule has 3 aromatic carbocycles. The fourth-order valence-corrected chi connectivity index (χ4v) is 5.10. The summed E-state index contributed by atoms with van der Waals surface area (Å²) in [6.45, 7) is 6.60. The Labute approximate surface area is 155 Å². The highest BCUT2D eigenvalue weighted by Gasteiger charge is 2.51. The van der Waals surface area contributed by atoms with Gasteiger partial charge < -0.3 is 0 Å². The minimum absolute atomic E-state index is 0.189. The van der Waals surface area contributed by atoms with E-state index in [1.54, 1.807) is 0 Å². The van der Waals surface area contributed by atoms with Crippen molar-refractivity contribution in [3.8, 4) is 11.1 Å². The van der Waals surface area contributed by atoms with E-state index in [0.29, 0.717) is 0 Å². The molecular weight excluding hydrogens is 312 g/mol. The third kappa shape index (κ3) is 1.69. The van der Waals surface area contributed by atoms with E-state index in [0.717, 1.165) is 0 Å². The second-order valence-corrected chi connectivity index (χ2v) is 7.43. The van der Waals surface area contributed by atoms with Gasteiger partial charge in [0.05, 0.1) is 5.41 Å². The fraction of sp³-hybridized carbons (Fsp3) is 0.154. The number of fused-ring (bicyclic) bond motifs is 7. The van der Waals surface area contributed by atoms with Crippen LogP contribution in [0.2, 0.25) is 0 Å². The molecule has 0 N–H and O–H groups in total. The quantitative estimate of drug-likeness (QED) is 0.466. The standard InChI is InChI=1S/C26H22/c1-4-9-22-18(3)19-10-5-7-12-23(19)26(22)24-13-8-6-11-20(24)21-15-14-17(2)16-25(21)26/h4-16H,1-3H3. The first kappa shape index (κ1) is 15.4. The van der Waals surface area contributed by atoms with Crippen molar-refractivity contribution >= 4 is 5.57 Å². The molecule has 0 nitrogen and oxygen atoms in total. The normalized spacial score (nSPS) is 20.0. The lowest BCUT2D eigenvalue weighted by atomic mass is 9.69. The van der Waals surface area contributed by atoms with Gasteiger partial charge in [0.1, 0.15) is 0 Å². The van der Waals surface area contributed by atoms with Crippen LogP contribution in [-0.2, 0) is 5.41 Å². The lowest BCUT2D eigenvalue weighted by molar-refractivity contribution is 0.784. The summed E-state index contributed by atoms with van der Waals surface area (Å²) in [5.41, 5.74) is 12.3. The van der Waals surface area contributed by atoms with Gasteiger partial charge >= 0.3 is 0 Å². The number of rotatable bonds is 1. The molecule has 5 rings (SSSR count). The molecule has 0 aromatic heterocycles. The third-order valence-electron chi connectivity index (χ3n) is 6.08. The molecule has 0 amide bonds. The van der Waals surface area contributed by atoms with Gasteiger partial charge in [0, 0.05) is 0 Å². The second-order valence-electron chi connectivity index (χ2n) is 7.43. The number of hydrogen-bond acceptors (Lipinski definition) is 0. The van der Waals surface area contributed by atoms with Crippen LogP contribution in [0.3, 0.4) is 0 Å². The van der Waals surface area contributed by atoms with Crippen LogP contribution in [0.5, 0.6) is 0 Å². The largest absolute Gasteiger partial charge is 0.0873 e. The van der Waals surface area contributed by atoms with Gasteiger partial charge in [0.15, 0.2) is 0 Å². The van der Waals surface area contributed by atoms with Crippen molar-refractivity contribution in [1.29, 1.82) is 0 Å². The van der Waals surface area contributed by atoms with Crippen molar-refractivity contribution in [2.75, 3.05) is 0 Å². The highest BCUT2D eigenvalue weighted by molar-refractivity contribution is 5.95. The first-order chi connectivity index (χ1) is 12.7. The summed E-state index contributed by atoms with van der Waals surface area (Å²) in [7, 11) is 0. The van der Waals surface area contributed by atoms with E-state index in [2.05, 4.69) is 99.7 Å². The summed E-state index contributed by atoms with van der Waals surface area (Å²) in [6, 6.07) is 24.8. The molecule has 1 unspecified atom stereocenters. The summed E-state index contributed by atoms with van der Waals surface area (Å²) >= 11 is 0. The first-order valence-electron chi connectivity index (χ1n) is 9.34. The SMILES string of the molecule is CC=CC1=C(C)c2ccccc2C12c1ccccc1-c1ccc(C)cc12. The van der Waals surface area contributed by atoms with E-state index in [1.165, 1.54) is 50.1 Å². The van der Waals surface area contributed by atoms with E-state index in [-0.39, 0.29) is 5.41 Å². The maximum atomic E-state index is 2.40. The zero-order valence-electron chi connectivity index (χ0n) is 15.5. The van der Waals surface area contributed by atoms with Crippen molar-refractivity contribution in [3.63, 3.8) is 0 Å². The second kappa shape index (κ2) is 5.32. The van der Waals surface area contributed by atoms with E-state index in [1.807, 2.05) is 0 Å². The number of hydrogen-bond donors (Lipinski definition) is 0. The number of benzene rings is 3. The smallest absolute Gasteiger partial charge is 0.0722 e. The molecule has 0 saturated carbocycles. The Morgan fingerprint density at radius 1 is 0.692 bits per heavy atom. The lowest BCUT2D eigenvalue weighted by Crippen LogP contribution is -2.26.